The zero-order valence-electron chi connectivity index (χ0n) is 41.2. The van der Waals surface area contributed by atoms with Crippen LogP contribution in [0.5, 0.6) is 0 Å². The zero-order valence-corrected chi connectivity index (χ0v) is 41.2. The van der Waals surface area contributed by atoms with Gasteiger partial charge in [-0.15, -0.1) is 5.73 Å². The van der Waals surface area contributed by atoms with Crippen LogP contribution in [-0.2, 0) is 0 Å². The van der Waals surface area contributed by atoms with Crippen LogP contribution in [0.15, 0.2) is 246 Å². The van der Waals surface area contributed by atoms with Gasteiger partial charge in [-0.1, -0.05) is 171 Å². The van der Waals surface area contributed by atoms with Gasteiger partial charge in [0.15, 0.2) is 0 Å². The molecular formula is C71H49NO2. The summed E-state index contributed by atoms with van der Waals surface area (Å²) < 4.78 is 13.0. The predicted molar refractivity (Wildman–Crippen MR) is 311 cm³/mol. The summed E-state index contributed by atoms with van der Waals surface area (Å²) in [5, 5.41) is 4.44. The van der Waals surface area contributed by atoms with Gasteiger partial charge < -0.3 is 13.7 Å². The van der Waals surface area contributed by atoms with Crippen molar-refractivity contribution in [2.45, 2.75) is 26.7 Å². The first-order valence-corrected chi connectivity index (χ1v) is 25.6. The molecule has 0 amide bonds. The molecule has 3 nitrogen and oxygen atoms in total. The van der Waals surface area contributed by atoms with Crippen LogP contribution in [0.4, 0.5) is 17.1 Å². The molecule has 350 valence electrons. The average Bonchev–Trinajstić information content (AvgIpc) is 4.19. The first-order chi connectivity index (χ1) is 36.5. The Morgan fingerprint density at radius 2 is 1.00 bits per heavy atom. The molecule has 12 aromatic rings. The fourth-order valence-corrected chi connectivity index (χ4v) is 12.0. The third kappa shape index (κ3) is 6.90. The average molecular weight is 948 g/mol. The van der Waals surface area contributed by atoms with E-state index in [9.17, 15) is 0 Å². The molecule has 2 aliphatic rings. The summed E-state index contributed by atoms with van der Waals surface area (Å²) in [6.07, 6.45) is 6.28. The molecular weight excluding hydrogens is 899 g/mol. The molecule has 0 N–H and O–H groups in total. The van der Waals surface area contributed by atoms with Gasteiger partial charge in [0.1, 0.15) is 22.3 Å². The van der Waals surface area contributed by atoms with Crippen LogP contribution in [0, 0.1) is 6.92 Å². The fourth-order valence-electron chi connectivity index (χ4n) is 12.0. The van der Waals surface area contributed by atoms with E-state index in [2.05, 4.69) is 243 Å². The van der Waals surface area contributed by atoms with E-state index in [0.717, 1.165) is 141 Å². The SMILES string of the molecule is C=C=C(CC)c1cc(-c2ccccc2)ccc1N1c2ccc(C3=C(c4ccccc4C)CC=C3)cc2-c2cc(-c3cccc4oc5ccccc5c34)ccc2-c2cc(-c3cccc4oc5ccccc5c34)ccc21. The minimum atomic E-state index is 0.767. The maximum absolute atomic E-state index is 6.50. The van der Waals surface area contributed by atoms with E-state index in [0.29, 0.717) is 0 Å². The summed E-state index contributed by atoms with van der Waals surface area (Å²) in [4.78, 5) is 2.51. The molecule has 0 atom stereocenters. The Morgan fingerprint density at radius 3 is 1.68 bits per heavy atom. The molecule has 0 fully saturated rings. The molecule has 2 aromatic heterocycles. The van der Waals surface area contributed by atoms with E-state index in [1.807, 2.05) is 12.1 Å². The van der Waals surface area contributed by atoms with Crippen LogP contribution in [-0.4, -0.2) is 0 Å². The normalized spacial score (nSPS) is 12.9. The van der Waals surface area contributed by atoms with Crippen molar-refractivity contribution in [1.29, 1.82) is 0 Å². The quantitative estimate of drug-likeness (QED) is 0.142. The van der Waals surface area contributed by atoms with Gasteiger partial charge in [-0.3, -0.25) is 0 Å². The largest absolute Gasteiger partial charge is 0.456 e. The second kappa shape index (κ2) is 17.4. The smallest absolute Gasteiger partial charge is 0.136 e. The Bertz CT molecular complexity index is 4400. The lowest BCUT2D eigenvalue weighted by atomic mass is 9.87. The zero-order chi connectivity index (χ0) is 49.4. The maximum Gasteiger partial charge on any atom is 0.136 e. The second-order valence-corrected chi connectivity index (χ2v) is 19.5. The highest BCUT2D eigenvalue weighted by atomic mass is 16.3. The molecule has 1 aliphatic heterocycles. The van der Waals surface area contributed by atoms with Crippen LogP contribution in [0.3, 0.4) is 0 Å². The first-order valence-electron chi connectivity index (χ1n) is 25.6. The van der Waals surface area contributed by atoms with Gasteiger partial charge >= 0.3 is 0 Å². The van der Waals surface area contributed by atoms with Gasteiger partial charge in [0.2, 0.25) is 0 Å². The lowest BCUT2D eigenvalue weighted by molar-refractivity contribution is 0.668. The number of allylic oxidation sites excluding steroid dienone is 5. The molecule has 0 spiro atoms. The molecule has 0 unspecified atom stereocenters. The van der Waals surface area contributed by atoms with Gasteiger partial charge in [-0.25, -0.2) is 0 Å². The van der Waals surface area contributed by atoms with E-state index in [4.69, 9.17) is 8.83 Å². The van der Waals surface area contributed by atoms with Gasteiger partial charge in [0, 0.05) is 43.8 Å². The summed E-state index contributed by atoms with van der Waals surface area (Å²) in [6.45, 7) is 8.71. The van der Waals surface area contributed by atoms with Crippen molar-refractivity contribution in [3.8, 4) is 55.6 Å². The highest BCUT2D eigenvalue weighted by Crippen LogP contribution is 2.55. The van der Waals surface area contributed by atoms with Crippen molar-refractivity contribution in [2.24, 2.45) is 0 Å². The predicted octanol–water partition coefficient (Wildman–Crippen LogP) is 20.4. The Balaban J connectivity index is 1.09. The van der Waals surface area contributed by atoms with E-state index in [1.54, 1.807) is 0 Å². The number of hydrogen-bond donors (Lipinski definition) is 0. The van der Waals surface area contributed by atoms with E-state index >= 15 is 0 Å². The van der Waals surface area contributed by atoms with Crippen molar-refractivity contribution < 1.29 is 8.83 Å². The van der Waals surface area contributed by atoms with Crippen LogP contribution < -0.4 is 4.90 Å². The topological polar surface area (TPSA) is 29.5 Å². The molecule has 0 saturated carbocycles. The van der Waals surface area contributed by atoms with Gasteiger partial charge in [0.25, 0.3) is 0 Å². The summed E-state index contributed by atoms with van der Waals surface area (Å²) in [7, 11) is 0. The summed E-state index contributed by atoms with van der Waals surface area (Å²) in [5.74, 6) is 0. The number of benzene rings is 10. The molecule has 74 heavy (non-hydrogen) atoms. The summed E-state index contributed by atoms with van der Waals surface area (Å²) in [5.41, 5.74) is 30.0. The lowest BCUT2D eigenvalue weighted by Crippen LogP contribution is -2.13. The van der Waals surface area contributed by atoms with Crippen molar-refractivity contribution in [3.63, 3.8) is 0 Å². The number of anilines is 3. The molecule has 1 aliphatic carbocycles. The molecule has 14 rings (SSSR count). The number of para-hydroxylation sites is 2. The third-order valence-electron chi connectivity index (χ3n) is 15.5. The summed E-state index contributed by atoms with van der Waals surface area (Å²) in [6, 6.07) is 77.3. The van der Waals surface area contributed by atoms with E-state index < -0.39 is 0 Å². The fraction of sp³-hybridized carbons (Fsp3) is 0.0563. The lowest BCUT2D eigenvalue weighted by Gasteiger charge is -2.30. The monoisotopic (exact) mass is 947 g/mol. The molecule has 10 aromatic carbocycles. The molecule has 0 bridgehead atoms. The number of nitrogens with zero attached hydrogens (tertiary/aromatic N) is 1. The minimum absolute atomic E-state index is 0.767. The van der Waals surface area contributed by atoms with Crippen molar-refractivity contribution in [3.05, 3.63) is 259 Å². The Hall–Kier alpha value is -9.40. The van der Waals surface area contributed by atoms with Crippen LogP contribution in [0.1, 0.15) is 42.0 Å². The van der Waals surface area contributed by atoms with Gasteiger partial charge in [-0.05, 0) is 159 Å². The Kier molecular flexibility index (Phi) is 10.2. The third-order valence-corrected chi connectivity index (χ3v) is 15.5. The highest BCUT2D eigenvalue weighted by Gasteiger charge is 2.31. The minimum Gasteiger partial charge on any atom is -0.456 e. The highest BCUT2D eigenvalue weighted by molar-refractivity contribution is 6.15. The maximum atomic E-state index is 6.50. The second-order valence-electron chi connectivity index (χ2n) is 19.5. The van der Waals surface area contributed by atoms with Crippen LogP contribution in [0.2, 0.25) is 0 Å². The first kappa shape index (κ1) is 43.4. The molecule has 3 heteroatoms. The number of hydrogen-bond acceptors (Lipinski definition) is 3. The standard InChI is InChI=1S/C71H49NO2/c1-4-45(5-2)59-40-47(46-19-7-6-8-20-46)33-37-63(59)72-64-39-35-50(54-26-17-31-69-71(54)58-23-12-14-29-67(58)74-69)43-61(64)56-36-32-49(53-25-16-30-68-70(53)57-22-11-13-28-66(57)73-68)41-60(56)62-42-48(34-38-65(62)72)52-24-15-27-55(52)51-21-10-9-18-44(51)3/h6-26,28-43H,1,5,27H2,2-3H3. The summed E-state index contributed by atoms with van der Waals surface area (Å²) >= 11 is 0. The van der Waals surface area contributed by atoms with Crippen LogP contribution in [0.25, 0.3) is 116 Å². The van der Waals surface area contributed by atoms with E-state index in [1.165, 1.54) is 27.8 Å². The Morgan fingerprint density at radius 1 is 0.459 bits per heavy atom. The molecule has 0 radical (unpaired) electrons. The molecule has 0 saturated heterocycles. The number of aryl methyl sites for hydroxylation is 1. The molecule has 3 heterocycles. The van der Waals surface area contributed by atoms with E-state index in [-0.39, 0.29) is 0 Å². The van der Waals surface area contributed by atoms with Gasteiger partial charge in [-0.2, -0.15) is 0 Å². The Labute approximate surface area is 430 Å². The van der Waals surface area contributed by atoms with Crippen LogP contribution >= 0.6 is 0 Å². The number of rotatable bonds is 8. The van der Waals surface area contributed by atoms with Crippen molar-refractivity contribution >= 4 is 77.7 Å². The number of fused-ring (bicyclic) bond motifs is 11. The van der Waals surface area contributed by atoms with Crippen molar-refractivity contribution in [2.75, 3.05) is 4.90 Å². The van der Waals surface area contributed by atoms with Gasteiger partial charge in [0.05, 0.1) is 17.1 Å². The number of furan rings is 2. The van der Waals surface area contributed by atoms with Crippen molar-refractivity contribution in [1.82, 2.24) is 0 Å².